The van der Waals surface area contributed by atoms with Crippen LogP contribution >= 0.6 is 0 Å². The number of halogens is 2. The van der Waals surface area contributed by atoms with Gasteiger partial charge in [0, 0.05) is 20.1 Å². The Morgan fingerprint density at radius 2 is 2.07 bits per heavy atom. The van der Waals surface area contributed by atoms with Crippen molar-refractivity contribution in [1.82, 2.24) is 5.32 Å². The molecule has 15 heavy (non-hydrogen) atoms. The largest absolute Gasteiger partial charge is 0.397 e. The van der Waals surface area contributed by atoms with E-state index in [-0.39, 0.29) is 11.4 Å². The van der Waals surface area contributed by atoms with Gasteiger partial charge in [-0.15, -0.1) is 0 Å². The molecule has 0 aromatic heterocycles. The quantitative estimate of drug-likeness (QED) is 0.742. The van der Waals surface area contributed by atoms with Crippen molar-refractivity contribution in [2.24, 2.45) is 0 Å². The predicted molar refractivity (Wildman–Crippen MR) is 58.0 cm³/mol. The second kappa shape index (κ2) is 4.93. The van der Waals surface area contributed by atoms with E-state index in [2.05, 4.69) is 5.32 Å². The SMILES string of the molecule is CNCCN(C)c1c(N)ccc(F)c1F. The molecule has 1 aromatic rings. The molecule has 3 nitrogen and oxygen atoms in total. The fourth-order valence-corrected chi connectivity index (χ4v) is 1.33. The molecular weight excluding hydrogens is 200 g/mol. The molecule has 0 aliphatic heterocycles. The van der Waals surface area contributed by atoms with Gasteiger partial charge in [0.05, 0.1) is 11.4 Å². The molecule has 0 spiro atoms. The predicted octanol–water partition coefficient (Wildman–Crippen LogP) is 1.20. The van der Waals surface area contributed by atoms with Gasteiger partial charge < -0.3 is 16.0 Å². The van der Waals surface area contributed by atoms with E-state index in [0.717, 1.165) is 6.07 Å². The third-order valence-electron chi connectivity index (χ3n) is 2.18. The number of rotatable bonds is 4. The summed E-state index contributed by atoms with van der Waals surface area (Å²) in [5, 5.41) is 2.92. The number of benzene rings is 1. The van der Waals surface area contributed by atoms with Crippen LogP contribution in [-0.4, -0.2) is 27.2 Å². The molecule has 0 saturated carbocycles. The smallest absolute Gasteiger partial charge is 0.184 e. The Morgan fingerprint density at radius 1 is 1.40 bits per heavy atom. The maximum Gasteiger partial charge on any atom is 0.184 e. The van der Waals surface area contributed by atoms with Crippen molar-refractivity contribution < 1.29 is 8.78 Å². The Morgan fingerprint density at radius 3 is 2.67 bits per heavy atom. The van der Waals surface area contributed by atoms with Crippen LogP contribution in [0, 0.1) is 11.6 Å². The average Bonchev–Trinajstić information content (AvgIpc) is 2.21. The lowest BCUT2D eigenvalue weighted by atomic mass is 10.2. The highest BCUT2D eigenvalue weighted by atomic mass is 19.2. The highest BCUT2D eigenvalue weighted by Gasteiger charge is 2.15. The number of nitrogens with zero attached hydrogens (tertiary/aromatic N) is 1. The number of nitrogens with two attached hydrogens (primary N) is 1. The molecule has 0 heterocycles. The molecule has 0 bridgehead atoms. The van der Waals surface area contributed by atoms with Gasteiger partial charge >= 0.3 is 0 Å². The van der Waals surface area contributed by atoms with Crippen LogP contribution in [-0.2, 0) is 0 Å². The van der Waals surface area contributed by atoms with Crippen LogP contribution < -0.4 is 16.0 Å². The molecule has 0 saturated heterocycles. The minimum Gasteiger partial charge on any atom is -0.397 e. The van der Waals surface area contributed by atoms with E-state index in [0.29, 0.717) is 13.1 Å². The van der Waals surface area contributed by atoms with Crippen LogP contribution in [0.1, 0.15) is 0 Å². The molecule has 84 valence electrons. The maximum absolute atomic E-state index is 13.4. The van der Waals surface area contributed by atoms with Crippen molar-refractivity contribution in [3.8, 4) is 0 Å². The first kappa shape index (κ1) is 11.7. The summed E-state index contributed by atoms with van der Waals surface area (Å²) in [7, 11) is 3.46. The van der Waals surface area contributed by atoms with Crippen molar-refractivity contribution in [3.05, 3.63) is 23.8 Å². The van der Waals surface area contributed by atoms with E-state index < -0.39 is 11.6 Å². The number of hydrogen-bond acceptors (Lipinski definition) is 3. The third-order valence-corrected chi connectivity index (χ3v) is 2.18. The third kappa shape index (κ3) is 2.56. The first-order valence-electron chi connectivity index (χ1n) is 4.67. The van der Waals surface area contributed by atoms with Crippen LogP contribution in [0.25, 0.3) is 0 Å². The number of anilines is 2. The van der Waals surface area contributed by atoms with Gasteiger partial charge in [-0.05, 0) is 19.2 Å². The van der Waals surface area contributed by atoms with Crippen LogP contribution in [0.15, 0.2) is 12.1 Å². The Kier molecular flexibility index (Phi) is 3.85. The maximum atomic E-state index is 13.4. The van der Waals surface area contributed by atoms with Gasteiger partial charge in [-0.25, -0.2) is 8.78 Å². The van der Waals surface area contributed by atoms with Crippen molar-refractivity contribution >= 4 is 11.4 Å². The van der Waals surface area contributed by atoms with Crippen LogP contribution in [0.5, 0.6) is 0 Å². The van der Waals surface area contributed by atoms with Crippen LogP contribution in [0.2, 0.25) is 0 Å². The molecule has 0 radical (unpaired) electrons. The molecule has 0 aliphatic carbocycles. The standard InChI is InChI=1S/C10H15F2N3/c1-14-5-6-15(2)10-8(13)4-3-7(11)9(10)12/h3-4,14H,5-6,13H2,1-2H3. The van der Waals surface area contributed by atoms with Crippen LogP contribution in [0.3, 0.4) is 0 Å². The van der Waals surface area contributed by atoms with Crippen LogP contribution in [0.4, 0.5) is 20.2 Å². The molecular formula is C10H15F2N3. The Balaban J connectivity index is 2.96. The van der Waals surface area contributed by atoms with E-state index in [1.807, 2.05) is 0 Å². The monoisotopic (exact) mass is 215 g/mol. The summed E-state index contributed by atoms with van der Waals surface area (Å²) < 4.78 is 26.4. The fourth-order valence-electron chi connectivity index (χ4n) is 1.33. The molecule has 0 unspecified atom stereocenters. The number of hydrogen-bond donors (Lipinski definition) is 2. The molecule has 3 N–H and O–H groups in total. The normalized spacial score (nSPS) is 10.4. The van der Waals surface area contributed by atoms with Gasteiger partial charge in [-0.2, -0.15) is 0 Å². The van der Waals surface area contributed by atoms with E-state index in [1.165, 1.54) is 6.07 Å². The molecule has 0 amide bonds. The Hall–Kier alpha value is -1.36. The summed E-state index contributed by atoms with van der Waals surface area (Å²) in [6, 6.07) is 2.39. The molecule has 5 heteroatoms. The highest BCUT2D eigenvalue weighted by Crippen LogP contribution is 2.27. The molecule has 0 fully saturated rings. The van der Waals surface area contributed by atoms with Crippen molar-refractivity contribution in [2.45, 2.75) is 0 Å². The van der Waals surface area contributed by atoms with Crippen molar-refractivity contribution in [2.75, 3.05) is 37.8 Å². The van der Waals surface area contributed by atoms with Gasteiger partial charge in [-0.1, -0.05) is 0 Å². The summed E-state index contributed by atoms with van der Waals surface area (Å²) in [6.07, 6.45) is 0. The summed E-state index contributed by atoms with van der Waals surface area (Å²) in [5.74, 6) is -1.77. The van der Waals surface area contributed by atoms with Gasteiger partial charge in [0.2, 0.25) is 0 Å². The van der Waals surface area contributed by atoms with Gasteiger partial charge in [0.25, 0.3) is 0 Å². The number of likely N-dealkylation sites (N-methyl/N-ethyl adjacent to an activating group) is 2. The molecule has 0 aliphatic rings. The first-order valence-corrected chi connectivity index (χ1v) is 4.67. The first-order chi connectivity index (χ1) is 7.07. The second-order valence-corrected chi connectivity index (χ2v) is 3.32. The highest BCUT2D eigenvalue weighted by molar-refractivity contribution is 5.68. The fraction of sp³-hybridized carbons (Fsp3) is 0.400. The average molecular weight is 215 g/mol. The van der Waals surface area contributed by atoms with E-state index >= 15 is 0 Å². The second-order valence-electron chi connectivity index (χ2n) is 3.32. The lowest BCUT2D eigenvalue weighted by Gasteiger charge is -2.21. The van der Waals surface area contributed by atoms with Gasteiger partial charge in [0.15, 0.2) is 11.6 Å². The van der Waals surface area contributed by atoms with E-state index in [4.69, 9.17) is 5.73 Å². The Labute approximate surface area is 87.9 Å². The van der Waals surface area contributed by atoms with E-state index in [9.17, 15) is 8.78 Å². The van der Waals surface area contributed by atoms with Crippen molar-refractivity contribution in [3.63, 3.8) is 0 Å². The summed E-state index contributed by atoms with van der Waals surface area (Å²) in [5.41, 5.74) is 5.95. The van der Waals surface area contributed by atoms with Gasteiger partial charge in [-0.3, -0.25) is 0 Å². The molecule has 0 atom stereocenters. The lowest BCUT2D eigenvalue weighted by Crippen LogP contribution is -2.28. The summed E-state index contributed by atoms with van der Waals surface area (Å²) in [6.45, 7) is 1.23. The topological polar surface area (TPSA) is 41.3 Å². The number of nitrogen functional groups attached to an aromatic ring is 1. The summed E-state index contributed by atoms with van der Waals surface area (Å²) in [4.78, 5) is 1.59. The zero-order chi connectivity index (χ0) is 11.4. The zero-order valence-corrected chi connectivity index (χ0v) is 8.85. The Bertz CT molecular complexity index is 342. The minimum atomic E-state index is -0.895. The van der Waals surface area contributed by atoms with Gasteiger partial charge in [0.1, 0.15) is 0 Å². The van der Waals surface area contributed by atoms with Crippen molar-refractivity contribution in [1.29, 1.82) is 0 Å². The molecule has 1 rings (SSSR count). The minimum absolute atomic E-state index is 0.116. The lowest BCUT2D eigenvalue weighted by molar-refractivity contribution is 0.508. The van der Waals surface area contributed by atoms with E-state index in [1.54, 1.807) is 19.0 Å². The number of nitrogens with one attached hydrogen (secondary N) is 1. The zero-order valence-electron chi connectivity index (χ0n) is 8.85. The summed E-state index contributed by atoms with van der Waals surface area (Å²) >= 11 is 0. The molecule has 1 aromatic carbocycles.